The topological polar surface area (TPSA) is 281 Å². The second-order valence-electron chi connectivity index (χ2n) is 11.5. The molecular weight excluding hydrogens is 660 g/mol. The van der Waals surface area contributed by atoms with Crippen molar-refractivity contribution in [2.45, 2.75) is 81.4 Å². The van der Waals surface area contributed by atoms with Gasteiger partial charge in [-0.15, -0.1) is 0 Å². The second-order valence-corrected chi connectivity index (χ2v) is 11.5. The van der Waals surface area contributed by atoms with E-state index in [9.17, 15) is 55.5 Å². The summed E-state index contributed by atoms with van der Waals surface area (Å²) in [6.07, 6.45) is -16.8. The molecule has 18 nitrogen and oxygen atoms in total. The fourth-order valence-electron chi connectivity index (χ4n) is 5.32. The molecule has 2 fully saturated rings. The fourth-order valence-corrected chi connectivity index (χ4v) is 5.32. The molecule has 0 saturated carbocycles. The molecule has 18 heteroatoms. The number of phenols is 3. The summed E-state index contributed by atoms with van der Waals surface area (Å²) in [5.41, 5.74) is 0.208. The Morgan fingerprint density at radius 2 is 1.24 bits per heavy atom. The number of hydrogen-bond donors (Lipinski definition) is 9. The zero-order chi connectivity index (χ0) is 35.7. The lowest BCUT2D eigenvalue weighted by molar-refractivity contribution is -0.294. The molecule has 2 saturated heterocycles. The number of rotatable bonds is 9. The number of ether oxygens (including phenoxy) is 7. The number of esters is 2. The van der Waals surface area contributed by atoms with Crippen LogP contribution in [-0.4, -0.2) is 133 Å². The third-order valence-electron chi connectivity index (χ3n) is 7.92. The van der Waals surface area contributed by atoms with E-state index in [0.717, 1.165) is 32.0 Å². The van der Waals surface area contributed by atoms with Crippen LogP contribution in [0.15, 0.2) is 36.1 Å². The summed E-state index contributed by atoms with van der Waals surface area (Å²) in [6.45, 7) is 1.23. The number of aromatic hydroxyl groups is 3. The van der Waals surface area contributed by atoms with Gasteiger partial charge in [0, 0.05) is 31.5 Å². The molecular formula is C31H36O18. The van der Waals surface area contributed by atoms with Crippen molar-refractivity contribution in [3.05, 3.63) is 47.2 Å². The minimum absolute atomic E-state index is 0.0299. The number of aliphatic hydroxyl groups is 6. The highest BCUT2D eigenvalue weighted by Crippen LogP contribution is 2.46. The molecule has 0 radical (unpaired) electrons. The van der Waals surface area contributed by atoms with Crippen molar-refractivity contribution in [1.29, 1.82) is 0 Å². The van der Waals surface area contributed by atoms with Gasteiger partial charge in [0.15, 0.2) is 17.6 Å². The minimum atomic E-state index is -1.86. The van der Waals surface area contributed by atoms with Crippen LogP contribution in [-0.2, 0) is 33.3 Å². The molecule has 3 aliphatic rings. The number of phenolic OH excluding ortho intramolecular Hbond substituents is 3. The lowest BCUT2D eigenvalue weighted by Crippen LogP contribution is -2.60. The first-order valence-electron chi connectivity index (χ1n) is 14.9. The van der Waals surface area contributed by atoms with Crippen LogP contribution in [0.3, 0.4) is 0 Å². The number of carbonyl (C=O) groups is 2. The maximum Gasteiger partial charge on any atom is 0.302 e. The molecule has 5 rings (SSSR count). The van der Waals surface area contributed by atoms with Gasteiger partial charge in [-0.05, 0) is 18.2 Å². The van der Waals surface area contributed by atoms with E-state index in [1.54, 1.807) is 0 Å². The molecule has 0 amide bonds. The predicted molar refractivity (Wildman–Crippen MR) is 158 cm³/mol. The summed E-state index contributed by atoms with van der Waals surface area (Å²) < 4.78 is 39.0. The van der Waals surface area contributed by atoms with Crippen molar-refractivity contribution >= 4 is 18.0 Å². The lowest BCUT2D eigenvalue weighted by Gasteiger charge is -2.41. The van der Waals surface area contributed by atoms with Crippen LogP contribution in [0, 0.1) is 0 Å². The zero-order valence-electron chi connectivity index (χ0n) is 25.9. The Bertz CT molecular complexity index is 1560. The fraction of sp³-hybridized carbons (Fsp3) is 0.484. The van der Waals surface area contributed by atoms with Crippen molar-refractivity contribution in [1.82, 2.24) is 0 Å². The summed E-state index contributed by atoms with van der Waals surface area (Å²) in [5, 5.41) is 93.8. The van der Waals surface area contributed by atoms with Gasteiger partial charge < -0.3 is 79.1 Å². The van der Waals surface area contributed by atoms with E-state index < -0.39 is 110 Å². The van der Waals surface area contributed by atoms with Gasteiger partial charge >= 0.3 is 11.9 Å². The van der Waals surface area contributed by atoms with Crippen LogP contribution in [0.1, 0.15) is 31.1 Å². The van der Waals surface area contributed by atoms with E-state index in [-0.39, 0.29) is 28.4 Å². The van der Waals surface area contributed by atoms with Crippen molar-refractivity contribution in [3.8, 4) is 28.7 Å². The van der Waals surface area contributed by atoms with E-state index in [0.29, 0.717) is 0 Å². The van der Waals surface area contributed by atoms with Crippen LogP contribution in [0.25, 0.3) is 6.08 Å². The molecule has 2 aromatic rings. The van der Waals surface area contributed by atoms with Crippen LogP contribution >= 0.6 is 0 Å². The summed E-state index contributed by atoms with van der Waals surface area (Å²) in [6, 6.07) is 5.95. The Balaban J connectivity index is 1.51. The molecule has 0 aliphatic carbocycles. The highest BCUT2D eigenvalue weighted by atomic mass is 16.7. The number of benzene rings is 2. The van der Waals surface area contributed by atoms with Crippen LogP contribution in [0.4, 0.5) is 0 Å². The van der Waals surface area contributed by atoms with Crippen LogP contribution in [0.5, 0.6) is 28.7 Å². The van der Waals surface area contributed by atoms with E-state index >= 15 is 0 Å². The van der Waals surface area contributed by atoms with Crippen molar-refractivity contribution in [2.75, 3.05) is 13.2 Å². The molecule has 268 valence electrons. The minimum Gasteiger partial charge on any atom is -0.508 e. The van der Waals surface area contributed by atoms with Crippen LogP contribution in [0.2, 0.25) is 0 Å². The van der Waals surface area contributed by atoms with Crippen LogP contribution < -0.4 is 9.47 Å². The van der Waals surface area contributed by atoms with Crippen molar-refractivity contribution < 1.29 is 88.7 Å². The third-order valence-corrected chi connectivity index (χ3v) is 7.92. The van der Waals surface area contributed by atoms with Crippen molar-refractivity contribution in [3.63, 3.8) is 0 Å². The SMILES string of the molecule is CC(=O)OCC1OC(OC2=Cc3c(cc(O)cc3OC3OC(COC(C)=O)C(O)C(O)C3O)OC2c2ccc(O)c(O)c2)C(O)C(O)C1O. The standard InChI is InChI=1S/C31H36O18/c1-11(32)43-9-21-23(37)25(39)27(41)30(48-21)46-19-7-14(34)6-18-15(19)8-20(29(45-18)13-3-4-16(35)17(36)5-13)47-31-28(42)26(40)24(38)22(49-31)10-44-12(2)33/h3-8,21-31,34-42H,9-10H2,1-2H3. The molecule has 9 N–H and O–H groups in total. The van der Waals surface area contributed by atoms with Gasteiger partial charge in [0.05, 0.1) is 5.56 Å². The average Bonchev–Trinajstić information content (AvgIpc) is 3.05. The lowest BCUT2D eigenvalue weighted by atomic mass is 9.98. The third kappa shape index (κ3) is 7.76. The Kier molecular flexibility index (Phi) is 10.7. The van der Waals surface area contributed by atoms with Gasteiger partial charge in [0.1, 0.15) is 85.1 Å². The first kappa shape index (κ1) is 35.9. The molecule has 0 aromatic heterocycles. The normalized spacial score (nSPS) is 32.6. The van der Waals surface area contributed by atoms with E-state index in [1.165, 1.54) is 18.2 Å². The molecule has 0 spiro atoms. The molecule has 3 heterocycles. The molecule has 0 bridgehead atoms. The van der Waals surface area contributed by atoms with E-state index in [1.807, 2.05) is 0 Å². The number of aliphatic hydroxyl groups excluding tert-OH is 6. The van der Waals surface area contributed by atoms with Gasteiger partial charge in [0.25, 0.3) is 0 Å². The maximum atomic E-state index is 11.4. The highest BCUT2D eigenvalue weighted by Gasteiger charge is 2.48. The molecule has 11 atom stereocenters. The first-order chi connectivity index (χ1) is 23.1. The average molecular weight is 697 g/mol. The highest BCUT2D eigenvalue weighted by molar-refractivity contribution is 5.70. The summed E-state index contributed by atoms with van der Waals surface area (Å²) >= 11 is 0. The van der Waals surface area contributed by atoms with E-state index in [4.69, 9.17) is 33.2 Å². The smallest absolute Gasteiger partial charge is 0.302 e. The molecule has 11 unspecified atom stereocenters. The van der Waals surface area contributed by atoms with Gasteiger partial charge in [-0.25, -0.2) is 0 Å². The Morgan fingerprint density at radius 3 is 1.78 bits per heavy atom. The molecule has 49 heavy (non-hydrogen) atoms. The number of hydrogen-bond acceptors (Lipinski definition) is 18. The van der Waals surface area contributed by atoms with E-state index in [2.05, 4.69) is 0 Å². The largest absolute Gasteiger partial charge is 0.508 e. The van der Waals surface area contributed by atoms with Gasteiger partial charge in [-0.3, -0.25) is 9.59 Å². The summed E-state index contributed by atoms with van der Waals surface area (Å²) in [4.78, 5) is 22.7. The Labute approximate surface area is 277 Å². The summed E-state index contributed by atoms with van der Waals surface area (Å²) in [7, 11) is 0. The van der Waals surface area contributed by atoms with Gasteiger partial charge in [-0.2, -0.15) is 0 Å². The first-order valence-corrected chi connectivity index (χ1v) is 14.9. The zero-order valence-corrected chi connectivity index (χ0v) is 25.9. The quantitative estimate of drug-likeness (QED) is 0.106. The Morgan fingerprint density at radius 1 is 0.694 bits per heavy atom. The molecule has 3 aliphatic heterocycles. The summed E-state index contributed by atoms with van der Waals surface area (Å²) in [5.74, 6) is -3.27. The monoisotopic (exact) mass is 696 g/mol. The number of fused-ring (bicyclic) bond motifs is 1. The number of carbonyl (C=O) groups excluding carboxylic acids is 2. The predicted octanol–water partition coefficient (Wildman–Crippen LogP) is -1.59. The Hall–Kier alpha value is -4.40. The van der Waals surface area contributed by atoms with Crippen molar-refractivity contribution in [2.24, 2.45) is 0 Å². The van der Waals surface area contributed by atoms with Gasteiger partial charge in [0.2, 0.25) is 12.6 Å². The molecule has 2 aromatic carbocycles. The van der Waals surface area contributed by atoms with Gasteiger partial charge in [-0.1, -0.05) is 6.07 Å². The maximum absolute atomic E-state index is 11.4. The second kappa shape index (κ2) is 14.6.